The number of benzene rings is 1. The molecule has 3 N–H and O–H groups in total. The second-order valence-electron chi connectivity index (χ2n) is 4.67. The Bertz CT molecular complexity index is 367. The fraction of sp³-hybridized carbons (Fsp3) is 0.538. The summed E-state index contributed by atoms with van der Waals surface area (Å²) in [7, 11) is 0. The zero-order valence-corrected chi connectivity index (χ0v) is 12.0. The Morgan fingerprint density at radius 2 is 2.06 bits per heavy atom. The number of nitrogens with one attached hydrogen (secondary N) is 1. The molecule has 0 aromatic heterocycles. The monoisotopic (exact) mass is 302 g/mol. The lowest BCUT2D eigenvalue weighted by Gasteiger charge is -2.10. The standard InChI is InChI=1S/C13H20BrFN2/c1-9(2)5-3-4-6-17-13-7-10(14)11(15)8-12(13)16/h7-9,17H,3-6,16H2,1-2H3. The third-order valence-electron chi connectivity index (χ3n) is 2.62. The van der Waals surface area contributed by atoms with Crippen molar-refractivity contribution in [3.8, 4) is 0 Å². The average molecular weight is 303 g/mol. The highest BCUT2D eigenvalue weighted by Crippen LogP contribution is 2.26. The van der Waals surface area contributed by atoms with Crippen molar-refractivity contribution in [1.29, 1.82) is 0 Å². The first-order chi connectivity index (χ1) is 8.00. The number of nitrogen functional groups attached to an aromatic ring is 1. The summed E-state index contributed by atoms with van der Waals surface area (Å²) in [6, 6.07) is 3.02. The molecule has 96 valence electrons. The van der Waals surface area contributed by atoms with Crippen LogP contribution in [0.1, 0.15) is 33.1 Å². The Labute approximate surface area is 111 Å². The molecule has 0 saturated heterocycles. The van der Waals surface area contributed by atoms with E-state index in [4.69, 9.17) is 5.73 Å². The number of hydrogen-bond acceptors (Lipinski definition) is 2. The van der Waals surface area contributed by atoms with E-state index < -0.39 is 0 Å². The van der Waals surface area contributed by atoms with E-state index in [1.54, 1.807) is 6.07 Å². The highest BCUT2D eigenvalue weighted by atomic mass is 79.9. The highest BCUT2D eigenvalue weighted by Gasteiger charge is 2.05. The molecule has 0 amide bonds. The van der Waals surface area contributed by atoms with Crippen molar-refractivity contribution in [3.05, 3.63) is 22.4 Å². The first kappa shape index (κ1) is 14.3. The van der Waals surface area contributed by atoms with Crippen LogP contribution in [0.2, 0.25) is 0 Å². The summed E-state index contributed by atoms with van der Waals surface area (Å²) >= 11 is 3.15. The average Bonchev–Trinajstić information content (AvgIpc) is 2.24. The third kappa shape index (κ3) is 4.94. The van der Waals surface area contributed by atoms with Gasteiger partial charge in [0.15, 0.2) is 0 Å². The molecule has 0 aliphatic carbocycles. The van der Waals surface area contributed by atoms with Crippen molar-refractivity contribution in [2.24, 2.45) is 5.92 Å². The van der Waals surface area contributed by atoms with E-state index in [0.29, 0.717) is 10.2 Å². The van der Waals surface area contributed by atoms with Gasteiger partial charge >= 0.3 is 0 Å². The van der Waals surface area contributed by atoms with Gasteiger partial charge in [0, 0.05) is 12.6 Å². The summed E-state index contributed by atoms with van der Waals surface area (Å²) in [6.45, 7) is 5.32. The molecule has 0 aliphatic rings. The Morgan fingerprint density at radius 3 is 2.71 bits per heavy atom. The Kier molecular flexibility index (Phi) is 5.75. The van der Waals surface area contributed by atoms with Crippen LogP contribution in [0.3, 0.4) is 0 Å². The summed E-state index contributed by atoms with van der Waals surface area (Å²) in [6.07, 6.45) is 3.55. The smallest absolute Gasteiger partial charge is 0.139 e. The lowest BCUT2D eigenvalue weighted by atomic mass is 10.1. The molecule has 0 heterocycles. The molecule has 0 aliphatic heterocycles. The van der Waals surface area contributed by atoms with E-state index in [1.807, 2.05) is 0 Å². The first-order valence-electron chi connectivity index (χ1n) is 5.99. The molecule has 2 nitrogen and oxygen atoms in total. The van der Waals surface area contributed by atoms with Gasteiger partial charge in [-0.1, -0.05) is 26.7 Å². The van der Waals surface area contributed by atoms with Gasteiger partial charge in [0.05, 0.1) is 15.8 Å². The van der Waals surface area contributed by atoms with Gasteiger partial charge in [0.25, 0.3) is 0 Å². The van der Waals surface area contributed by atoms with Crippen LogP contribution >= 0.6 is 15.9 Å². The molecule has 0 atom stereocenters. The highest BCUT2D eigenvalue weighted by molar-refractivity contribution is 9.10. The van der Waals surface area contributed by atoms with Gasteiger partial charge in [-0.2, -0.15) is 0 Å². The maximum absolute atomic E-state index is 13.1. The Hall–Kier alpha value is -0.770. The van der Waals surface area contributed by atoms with E-state index >= 15 is 0 Å². The molecule has 1 aromatic carbocycles. The topological polar surface area (TPSA) is 38.0 Å². The third-order valence-corrected chi connectivity index (χ3v) is 3.22. The summed E-state index contributed by atoms with van der Waals surface area (Å²) < 4.78 is 13.6. The number of hydrogen-bond donors (Lipinski definition) is 2. The lowest BCUT2D eigenvalue weighted by molar-refractivity contribution is 0.545. The number of anilines is 2. The normalized spacial score (nSPS) is 10.9. The molecule has 0 saturated carbocycles. The van der Waals surface area contributed by atoms with Crippen LogP contribution in [0.4, 0.5) is 15.8 Å². The minimum atomic E-state index is -0.326. The minimum Gasteiger partial charge on any atom is -0.397 e. The van der Waals surface area contributed by atoms with Crippen molar-refractivity contribution in [3.63, 3.8) is 0 Å². The van der Waals surface area contributed by atoms with Gasteiger partial charge in [-0.15, -0.1) is 0 Å². The van der Waals surface area contributed by atoms with Crippen LogP contribution in [0.5, 0.6) is 0 Å². The van der Waals surface area contributed by atoms with Gasteiger partial charge in [0.1, 0.15) is 5.82 Å². The van der Waals surface area contributed by atoms with E-state index in [-0.39, 0.29) is 5.82 Å². The Balaban J connectivity index is 2.39. The summed E-state index contributed by atoms with van der Waals surface area (Å²) in [5.41, 5.74) is 6.98. The largest absolute Gasteiger partial charge is 0.397 e. The fourth-order valence-corrected chi connectivity index (χ4v) is 1.96. The Morgan fingerprint density at radius 1 is 1.35 bits per heavy atom. The van der Waals surface area contributed by atoms with E-state index in [9.17, 15) is 4.39 Å². The first-order valence-corrected chi connectivity index (χ1v) is 6.78. The summed E-state index contributed by atoms with van der Waals surface area (Å²) in [5, 5.41) is 3.23. The molecule has 0 spiro atoms. The van der Waals surface area contributed by atoms with E-state index in [1.165, 1.54) is 18.9 Å². The quantitative estimate of drug-likeness (QED) is 0.603. The van der Waals surface area contributed by atoms with Crippen molar-refractivity contribution in [2.75, 3.05) is 17.6 Å². The van der Waals surface area contributed by atoms with Gasteiger partial charge in [0.2, 0.25) is 0 Å². The zero-order valence-electron chi connectivity index (χ0n) is 10.4. The number of halogens is 2. The predicted molar refractivity (Wildman–Crippen MR) is 75.7 cm³/mol. The van der Waals surface area contributed by atoms with Gasteiger partial charge in [-0.25, -0.2) is 4.39 Å². The number of nitrogens with two attached hydrogens (primary N) is 1. The zero-order chi connectivity index (χ0) is 12.8. The molecule has 0 bridgehead atoms. The van der Waals surface area contributed by atoms with Crippen LogP contribution < -0.4 is 11.1 Å². The van der Waals surface area contributed by atoms with E-state index in [0.717, 1.165) is 24.6 Å². The van der Waals surface area contributed by atoms with Gasteiger partial charge in [-0.05, 0) is 34.3 Å². The summed E-state index contributed by atoms with van der Waals surface area (Å²) in [4.78, 5) is 0. The van der Waals surface area contributed by atoms with Crippen molar-refractivity contribution in [2.45, 2.75) is 33.1 Å². The SMILES string of the molecule is CC(C)CCCCNc1cc(Br)c(F)cc1N. The van der Waals surface area contributed by atoms with E-state index in [2.05, 4.69) is 35.1 Å². The molecule has 17 heavy (non-hydrogen) atoms. The van der Waals surface area contributed by atoms with Crippen molar-refractivity contribution in [1.82, 2.24) is 0 Å². The molecule has 0 unspecified atom stereocenters. The molecule has 4 heteroatoms. The molecule has 0 radical (unpaired) electrons. The predicted octanol–water partition coefficient (Wildman–Crippen LogP) is 4.41. The second kappa shape index (κ2) is 6.84. The molecule has 0 fully saturated rings. The van der Waals surface area contributed by atoms with Crippen molar-refractivity contribution >= 4 is 27.3 Å². The van der Waals surface area contributed by atoms with Crippen LogP contribution in [-0.2, 0) is 0 Å². The summed E-state index contributed by atoms with van der Waals surface area (Å²) in [5.74, 6) is 0.424. The lowest BCUT2D eigenvalue weighted by Crippen LogP contribution is -2.05. The number of rotatable bonds is 6. The molecule has 1 aromatic rings. The molecule has 1 rings (SSSR count). The molecular weight excluding hydrogens is 283 g/mol. The number of unbranched alkanes of at least 4 members (excludes halogenated alkanes) is 1. The fourth-order valence-electron chi connectivity index (χ4n) is 1.62. The van der Waals surface area contributed by atoms with Crippen LogP contribution in [-0.4, -0.2) is 6.54 Å². The van der Waals surface area contributed by atoms with Gasteiger partial charge in [-0.3, -0.25) is 0 Å². The minimum absolute atomic E-state index is 0.326. The molecular formula is C13H20BrFN2. The van der Waals surface area contributed by atoms with Crippen molar-refractivity contribution < 1.29 is 4.39 Å². The van der Waals surface area contributed by atoms with Crippen LogP contribution in [0, 0.1) is 11.7 Å². The second-order valence-corrected chi connectivity index (χ2v) is 5.52. The maximum Gasteiger partial charge on any atom is 0.139 e. The van der Waals surface area contributed by atoms with Crippen LogP contribution in [0.15, 0.2) is 16.6 Å². The maximum atomic E-state index is 13.1. The van der Waals surface area contributed by atoms with Crippen LogP contribution in [0.25, 0.3) is 0 Å². The van der Waals surface area contributed by atoms with Gasteiger partial charge < -0.3 is 11.1 Å².